The molecule has 6 aromatic rings. The van der Waals surface area contributed by atoms with Crippen molar-refractivity contribution >= 4 is 32.3 Å². The summed E-state index contributed by atoms with van der Waals surface area (Å²) in [5.41, 5.74) is 19.0. The number of allylic oxidation sites excluding steroid dienone is 6. The van der Waals surface area contributed by atoms with Crippen LogP contribution in [0.2, 0.25) is 0 Å². The highest BCUT2D eigenvalue weighted by Crippen LogP contribution is 2.42. The Bertz CT molecular complexity index is 2060. The van der Waals surface area contributed by atoms with Crippen LogP contribution in [0.4, 0.5) is 0 Å². The van der Waals surface area contributed by atoms with E-state index in [9.17, 15) is 10.5 Å². The minimum absolute atomic E-state index is 0.550. The van der Waals surface area contributed by atoms with Crippen LogP contribution in [-0.4, -0.2) is 0 Å². The Labute approximate surface area is 257 Å². The molecule has 210 valence electrons. The quantitative estimate of drug-likeness (QED) is 0.109. The minimum Gasteiger partial charge on any atom is -0.405 e. The first-order chi connectivity index (χ1) is 21.6. The summed E-state index contributed by atoms with van der Waals surface area (Å²) in [7, 11) is 0. The first-order valence-corrected chi connectivity index (χ1v) is 14.5. The molecule has 0 atom stereocenters. The van der Waals surface area contributed by atoms with Gasteiger partial charge in [0, 0.05) is 11.1 Å². The Kier molecular flexibility index (Phi) is 7.91. The van der Waals surface area contributed by atoms with Gasteiger partial charge in [-0.25, -0.2) is 0 Å². The lowest BCUT2D eigenvalue weighted by Gasteiger charge is -2.17. The number of nitriles is 2. The molecule has 0 heterocycles. The maximum Gasteiger partial charge on any atom is 0.0988 e. The van der Waals surface area contributed by atoms with Gasteiger partial charge in [0.25, 0.3) is 0 Å². The van der Waals surface area contributed by atoms with Crippen molar-refractivity contribution in [2.45, 2.75) is 12.8 Å². The second kappa shape index (κ2) is 12.4. The van der Waals surface area contributed by atoms with Crippen molar-refractivity contribution in [1.82, 2.24) is 0 Å². The van der Waals surface area contributed by atoms with Crippen molar-refractivity contribution < 1.29 is 0 Å². The molecule has 0 saturated carbocycles. The molecule has 0 radical (unpaired) electrons. The third-order valence-electron chi connectivity index (χ3n) is 8.07. The van der Waals surface area contributed by atoms with Gasteiger partial charge < -0.3 is 11.5 Å². The van der Waals surface area contributed by atoms with E-state index >= 15 is 0 Å². The molecule has 0 aliphatic carbocycles. The molecule has 0 aliphatic heterocycles. The number of benzene rings is 6. The minimum atomic E-state index is 0.550. The smallest absolute Gasteiger partial charge is 0.0988 e. The van der Waals surface area contributed by atoms with E-state index in [2.05, 4.69) is 109 Å². The molecule has 0 aromatic heterocycles. The van der Waals surface area contributed by atoms with Crippen LogP contribution in [0, 0.1) is 22.7 Å². The van der Waals surface area contributed by atoms with Crippen molar-refractivity contribution in [3.8, 4) is 34.4 Å². The fraction of sp³-hybridized carbons (Fsp3) is 0.0500. The zero-order valence-corrected chi connectivity index (χ0v) is 24.2. The molecule has 44 heavy (non-hydrogen) atoms. The van der Waals surface area contributed by atoms with Gasteiger partial charge in [0.1, 0.15) is 0 Å². The second-order valence-electron chi connectivity index (χ2n) is 10.7. The molecule has 6 aromatic carbocycles. The summed E-state index contributed by atoms with van der Waals surface area (Å²) in [5.74, 6) is 0. The van der Waals surface area contributed by atoms with Gasteiger partial charge in [-0.15, -0.1) is 0 Å². The summed E-state index contributed by atoms with van der Waals surface area (Å²) in [6, 6.07) is 39.2. The summed E-state index contributed by atoms with van der Waals surface area (Å²) in [4.78, 5) is 0. The van der Waals surface area contributed by atoms with E-state index < -0.39 is 0 Å². The predicted octanol–water partition coefficient (Wildman–Crippen LogP) is 8.85. The molecule has 0 aliphatic rings. The van der Waals surface area contributed by atoms with Gasteiger partial charge in [0.15, 0.2) is 0 Å². The first kappa shape index (κ1) is 28.0. The van der Waals surface area contributed by atoms with Crippen LogP contribution >= 0.6 is 0 Å². The highest BCUT2D eigenvalue weighted by molar-refractivity contribution is 6.27. The number of nitrogens with zero attached hydrogens (tertiary/aromatic N) is 2. The molecule has 4 heteroatoms. The highest BCUT2D eigenvalue weighted by atomic mass is 14.5. The lowest BCUT2D eigenvalue weighted by molar-refractivity contribution is 1.25. The number of rotatable bonds is 8. The summed E-state index contributed by atoms with van der Waals surface area (Å²) in [5, 5.41) is 26.1. The van der Waals surface area contributed by atoms with Crippen molar-refractivity contribution in [2.75, 3.05) is 0 Å². The second-order valence-corrected chi connectivity index (χ2v) is 10.7. The van der Waals surface area contributed by atoms with Crippen molar-refractivity contribution in [3.63, 3.8) is 0 Å². The van der Waals surface area contributed by atoms with Crippen LogP contribution in [0.15, 0.2) is 145 Å². The van der Waals surface area contributed by atoms with Gasteiger partial charge in [-0.1, -0.05) is 109 Å². The number of hydrogen-bond acceptors (Lipinski definition) is 4. The van der Waals surface area contributed by atoms with E-state index in [1.807, 2.05) is 12.2 Å². The summed E-state index contributed by atoms with van der Waals surface area (Å²) < 4.78 is 0. The van der Waals surface area contributed by atoms with Crippen LogP contribution in [-0.2, 0) is 12.8 Å². The summed E-state index contributed by atoms with van der Waals surface area (Å²) >= 11 is 0. The fourth-order valence-corrected chi connectivity index (χ4v) is 6.00. The monoisotopic (exact) mass is 566 g/mol. The summed E-state index contributed by atoms with van der Waals surface area (Å²) in [6.45, 7) is 0. The Balaban J connectivity index is 1.45. The molecule has 0 saturated heterocycles. The zero-order valence-electron chi connectivity index (χ0n) is 24.2. The van der Waals surface area contributed by atoms with E-state index in [-0.39, 0.29) is 0 Å². The lowest BCUT2D eigenvalue weighted by Crippen LogP contribution is -1.91. The largest absolute Gasteiger partial charge is 0.405 e. The third kappa shape index (κ3) is 5.41. The van der Waals surface area contributed by atoms with Crippen LogP contribution in [0.25, 0.3) is 54.6 Å². The average Bonchev–Trinajstić information content (AvgIpc) is 3.07. The van der Waals surface area contributed by atoms with Gasteiger partial charge in [0.2, 0.25) is 0 Å². The van der Waals surface area contributed by atoms with Gasteiger partial charge in [-0.05, 0) is 103 Å². The van der Waals surface area contributed by atoms with Crippen molar-refractivity contribution in [1.29, 1.82) is 10.5 Å². The van der Waals surface area contributed by atoms with Crippen LogP contribution in [0.3, 0.4) is 0 Å². The molecular formula is C40H30N4. The Morgan fingerprint density at radius 1 is 0.568 bits per heavy atom. The van der Waals surface area contributed by atoms with E-state index in [1.54, 1.807) is 12.2 Å². The van der Waals surface area contributed by atoms with Gasteiger partial charge in [-0.2, -0.15) is 10.5 Å². The SMILES string of the molecule is N#CC(/C=C\N)=C/Cc1cccc(-c2ccc3ccc4c(-c5cccc(C/C=C(C#N)\C=C/N)c5)ccc5ccc2c3c54)c1. The topological polar surface area (TPSA) is 99.6 Å². The zero-order chi connectivity index (χ0) is 30.5. The number of hydrogen-bond donors (Lipinski definition) is 2. The summed E-state index contributed by atoms with van der Waals surface area (Å²) in [6.07, 6.45) is 11.1. The molecule has 0 bridgehead atoms. The molecule has 0 fully saturated rings. The molecule has 4 N–H and O–H groups in total. The maximum absolute atomic E-state index is 9.35. The molecule has 0 unspecified atom stereocenters. The van der Waals surface area contributed by atoms with Gasteiger partial charge in [0.05, 0.1) is 12.1 Å². The molecule has 4 nitrogen and oxygen atoms in total. The fourth-order valence-electron chi connectivity index (χ4n) is 6.00. The molecule has 6 rings (SSSR count). The Morgan fingerprint density at radius 3 is 1.41 bits per heavy atom. The number of nitrogens with two attached hydrogens (primary N) is 2. The molecular weight excluding hydrogens is 536 g/mol. The van der Waals surface area contributed by atoms with E-state index in [0.29, 0.717) is 24.0 Å². The third-order valence-corrected chi connectivity index (χ3v) is 8.07. The Hall–Kier alpha value is -6.10. The van der Waals surface area contributed by atoms with Gasteiger partial charge in [-0.3, -0.25) is 0 Å². The van der Waals surface area contributed by atoms with Crippen LogP contribution < -0.4 is 11.5 Å². The van der Waals surface area contributed by atoms with Crippen LogP contribution in [0.1, 0.15) is 11.1 Å². The maximum atomic E-state index is 9.35. The first-order valence-electron chi connectivity index (χ1n) is 14.5. The average molecular weight is 567 g/mol. The normalized spacial score (nSPS) is 12.5. The van der Waals surface area contributed by atoms with Crippen LogP contribution in [0.5, 0.6) is 0 Å². The lowest BCUT2D eigenvalue weighted by atomic mass is 9.87. The molecule has 0 spiro atoms. The van der Waals surface area contributed by atoms with E-state index in [0.717, 1.165) is 22.3 Å². The Morgan fingerprint density at radius 2 is 1.00 bits per heavy atom. The van der Waals surface area contributed by atoms with Crippen molar-refractivity contribution in [2.24, 2.45) is 11.5 Å². The van der Waals surface area contributed by atoms with E-state index in [4.69, 9.17) is 11.5 Å². The van der Waals surface area contributed by atoms with Crippen molar-refractivity contribution in [3.05, 3.63) is 156 Å². The predicted molar refractivity (Wildman–Crippen MR) is 182 cm³/mol. The van der Waals surface area contributed by atoms with E-state index in [1.165, 1.54) is 55.8 Å². The van der Waals surface area contributed by atoms with Gasteiger partial charge >= 0.3 is 0 Å². The standard InChI is InChI=1S/C40H30N4/c41-21-19-29(25-43)9-7-27-3-1-5-33(23-27)35-15-11-31-14-18-38-36(16-12-32-13-17-37(35)39(31)40(32)38)34-6-2-4-28(24-34)8-10-30(26-44)20-22-42/h1-6,9-24H,7-8,41-42H2/b21-19-,22-20-,29-9+,30-10+. The molecule has 0 amide bonds. The highest BCUT2D eigenvalue weighted by Gasteiger charge is 2.15.